The van der Waals surface area contributed by atoms with Gasteiger partial charge in [-0.2, -0.15) is 0 Å². The quantitative estimate of drug-likeness (QED) is 0.876. The number of hydrogen-bond donors (Lipinski definition) is 2. The summed E-state index contributed by atoms with van der Waals surface area (Å²) in [5.41, 5.74) is 1.05. The Hall–Kier alpha value is -0.750. The lowest BCUT2D eigenvalue weighted by atomic mass is 10.2. The Bertz CT molecular complexity index is 453. The number of aliphatic hydroxyl groups is 1. The van der Waals surface area contributed by atoms with Gasteiger partial charge in [-0.15, -0.1) is 22.7 Å². The van der Waals surface area contributed by atoms with E-state index in [1.165, 1.54) is 0 Å². The monoisotopic (exact) mass is 268 g/mol. The molecule has 0 saturated carbocycles. The first kappa shape index (κ1) is 12.7. The van der Waals surface area contributed by atoms with Gasteiger partial charge in [0.25, 0.3) is 0 Å². The van der Waals surface area contributed by atoms with Gasteiger partial charge in [-0.25, -0.2) is 4.98 Å². The molecule has 2 heterocycles. The summed E-state index contributed by atoms with van der Waals surface area (Å²) in [6, 6.07) is 4.09. The number of hydrogen-bond acceptors (Lipinski definition) is 5. The predicted octanol–water partition coefficient (Wildman–Crippen LogP) is 2.90. The molecule has 0 bridgehead atoms. The van der Waals surface area contributed by atoms with Gasteiger partial charge in [0, 0.05) is 22.5 Å². The average Bonchev–Trinajstić information content (AvgIpc) is 2.95. The number of nitrogens with zero attached hydrogens (tertiary/aromatic N) is 1. The minimum absolute atomic E-state index is 0.184. The second-order valence-electron chi connectivity index (χ2n) is 3.99. The van der Waals surface area contributed by atoms with Crippen LogP contribution in [0.2, 0.25) is 0 Å². The first-order valence-electron chi connectivity index (χ1n) is 5.53. The van der Waals surface area contributed by atoms with Crippen molar-refractivity contribution in [2.45, 2.75) is 26.0 Å². The summed E-state index contributed by atoms with van der Waals surface area (Å²) >= 11 is 3.23. The molecule has 0 amide bonds. The summed E-state index contributed by atoms with van der Waals surface area (Å²) in [5.74, 6) is 0. The number of aliphatic hydroxyl groups excluding tert-OH is 1. The van der Waals surface area contributed by atoms with Crippen LogP contribution in [0.4, 0.5) is 0 Å². The molecule has 0 fully saturated rings. The van der Waals surface area contributed by atoms with E-state index in [1.807, 2.05) is 29.8 Å². The molecule has 0 aromatic carbocycles. The van der Waals surface area contributed by atoms with Crippen molar-refractivity contribution in [3.05, 3.63) is 38.5 Å². The highest BCUT2D eigenvalue weighted by Crippen LogP contribution is 2.21. The van der Waals surface area contributed by atoms with Crippen molar-refractivity contribution in [3.8, 4) is 0 Å². The molecule has 0 aliphatic heterocycles. The molecule has 0 radical (unpaired) electrons. The zero-order valence-electron chi connectivity index (χ0n) is 9.88. The fourth-order valence-corrected chi connectivity index (χ4v) is 3.07. The Kier molecular flexibility index (Phi) is 4.28. The topological polar surface area (TPSA) is 45.1 Å². The van der Waals surface area contributed by atoms with E-state index in [-0.39, 0.29) is 6.04 Å². The summed E-state index contributed by atoms with van der Waals surface area (Å²) in [4.78, 5) is 5.43. The highest BCUT2D eigenvalue weighted by molar-refractivity contribution is 7.10. The van der Waals surface area contributed by atoms with E-state index in [4.69, 9.17) is 0 Å². The van der Waals surface area contributed by atoms with Gasteiger partial charge in [-0.3, -0.25) is 0 Å². The molecular formula is C12H16N2OS2. The number of nitrogens with one attached hydrogen (secondary N) is 1. The van der Waals surface area contributed by atoms with E-state index in [9.17, 15) is 5.11 Å². The van der Waals surface area contributed by atoms with Crippen LogP contribution >= 0.6 is 22.7 Å². The first-order chi connectivity index (χ1) is 8.16. The molecule has 2 N–H and O–H groups in total. The van der Waals surface area contributed by atoms with Crippen molar-refractivity contribution in [1.29, 1.82) is 0 Å². The van der Waals surface area contributed by atoms with Crippen LogP contribution in [-0.2, 0) is 0 Å². The molecule has 2 aromatic rings. The van der Waals surface area contributed by atoms with E-state index in [2.05, 4.69) is 17.2 Å². The van der Waals surface area contributed by atoms with Crippen LogP contribution < -0.4 is 5.32 Å². The van der Waals surface area contributed by atoms with Crippen molar-refractivity contribution in [2.75, 3.05) is 6.54 Å². The minimum Gasteiger partial charge on any atom is -0.386 e. The third kappa shape index (κ3) is 3.35. The zero-order chi connectivity index (χ0) is 12.3. The lowest BCUT2D eigenvalue weighted by molar-refractivity contribution is 0.174. The van der Waals surface area contributed by atoms with Crippen LogP contribution in [0, 0.1) is 6.92 Å². The van der Waals surface area contributed by atoms with Crippen LogP contribution in [0.1, 0.15) is 34.6 Å². The molecule has 0 saturated heterocycles. The van der Waals surface area contributed by atoms with Crippen molar-refractivity contribution in [1.82, 2.24) is 10.3 Å². The van der Waals surface area contributed by atoms with E-state index in [0.717, 1.165) is 15.6 Å². The van der Waals surface area contributed by atoms with Gasteiger partial charge in [0.05, 0.1) is 6.04 Å². The Labute approximate surface area is 109 Å². The van der Waals surface area contributed by atoms with Gasteiger partial charge in [0.2, 0.25) is 0 Å². The third-order valence-corrected chi connectivity index (χ3v) is 4.62. The normalized spacial score (nSPS) is 14.8. The molecule has 2 unspecified atom stereocenters. The zero-order valence-corrected chi connectivity index (χ0v) is 11.5. The fraction of sp³-hybridized carbons (Fsp3) is 0.417. The van der Waals surface area contributed by atoms with Gasteiger partial charge >= 0.3 is 0 Å². The molecule has 92 valence electrons. The molecular weight excluding hydrogens is 252 g/mol. The van der Waals surface area contributed by atoms with Crippen molar-refractivity contribution in [2.24, 2.45) is 0 Å². The van der Waals surface area contributed by atoms with E-state index in [1.54, 1.807) is 22.7 Å². The van der Waals surface area contributed by atoms with Crippen LogP contribution in [0.15, 0.2) is 22.9 Å². The second-order valence-corrected chi connectivity index (χ2v) is 5.86. The summed E-state index contributed by atoms with van der Waals surface area (Å²) in [6.07, 6.45) is -0.432. The maximum absolute atomic E-state index is 9.94. The average molecular weight is 268 g/mol. The van der Waals surface area contributed by atoms with Crippen LogP contribution in [0.3, 0.4) is 0 Å². The predicted molar refractivity (Wildman–Crippen MR) is 72.5 cm³/mol. The van der Waals surface area contributed by atoms with E-state index in [0.29, 0.717) is 6.54 Å². The Morgan fingerprint density at radius 1 is 1.47 bits per heavy atom. The standard InChI is InChI=1S/C12H16N2OS2/c1-8-7-17-12(14-8)9(2)13-6-10(15)11-4-3-5-16-11/h3-5,7,9-10,13,15H,6H2,1-2H3. The van der Waals surface area contributed by atoms with Gasteiger partial charge in [-0.05, 0) is 25.3 Å². The lowest BCUT2D eigenvalue weighted by Crippen LogP contribution is -2.24. The van der Waals surface area contributed by atoms with E-state index >= 15 is 0 Å². The van der Waals surface area contributed by atoms with Gasteiger partial charge in [0.1, 0.15) is 11.1 Å². The summed E-state index contributed by atoms with van der Waals surface area (Å²) in [7, 11) is 0. The number of aryl methyl sites for hydroxylation is 1. The lowest BCUT2D eigenvalue weighted by Gasteiger charge is -2.14. The van der Waals surface area contributed by atoms with Crippen molar-refractivity contribution >= 4 is 22.7 Å². The second kappa shape index (κ2) is 5.73. The summed E-state index contributed by atoms with van der Waals surface area (Å²) < 4.78 is 0. The van der Waals surface area contributed by atoms with Crippen molar-refractivity contribution in [3.63, 3.8) is 0 Å². The fourth-order valence-electron chi connectivity index (χ4n) is 1.53. The molecule has 17 heavy (non-hydrogen) atoms. The van der Waals surface area contributed by atoms with Crippen LogP contribution in [0.25, 0.3) is 0 Å². The van der Waals surface area contributed by atoms with Crippen molar-refractivity contribution < 1.29 is 5.11 Å². The van der Waals surface area contributed by atoms with Gasteiger partial charge in [0.15, 0.2) is 0 Å². The summed E-state index contributed by atoms with van der Waals surface area (Å²) in [5, 5.41) is 18.3. The maximum Gasteiger partial charge on any atom is 0.110 e. The molecule has 2 aromatic heterocycles. The molecule has 5 heteroatoms. The number of aromatic nitrogens is 1. The Balaban J connectivity index is 1.86. The number of rotatable bonds is 5. The largest absolute Gasteiger partial charge is 0.386 e. The first-order valence-corrected chi connectivity index (χ1v) is 7.29. The molecule has 2 atom stereocenters. The molecule has 0 aliphatic rings. The number of thiophene rings is 1. The van der Waals surface area contributed by atoms with Gasteiger partial charge < -0.3 is 10.4 Å². The summed E-state index contributed by atoms with van der Waals surface area (Å²) in [6.45, 7) is 4.62. The highest BCUT2D eigenvalue weighted by atomic mass is 32.1. The van der Waals surface area contributed by atoms with Crippen LogP contribution in [-0.4, -0.2) is 16.6 Å². The Morgan fingerprint density at radius 3 is 2.88 bits per heavy atom. The molecule has 0 aliphatic carbocycles. The van der Waals surface area contributed by atoms with Gasteiger partial charge in [-0.1, -0.05) is 6.07 Å². The minimum atomic E-state index is -0.432. The number of thiazole rings is 1. The smallest absolute Gasteiger partial charge is 0.110 e. The SMILES string of the molecule is Cc1csc(C(C)NCC(O)c2cccs2)n1. The third-order valence-electron chi connectivity index (χ3n) is 2.50. The highest BCUT2D eigenvalue weighted by Gasteiger charge is 2.13. The molecule has 3 nitrogen and oxygen atoms in total. The molecule has 2 rings (SSSR count). The Morgan fingerprint density at radius 2 is 2.29 bits per heavy atom. The molecule has 0 spiro atoms. The maximum atomic E-state index is 9.94. The van der Waals surface area contributed by atoms with Crippen LogP contribution in [0.5, 0.6) is 0 Å². The van der Waals surface area contributed by atoms with E-state index < -0.39 is 6.10 Å².